The topological polar surface area (TPSA) is 67.4 Å². The van der Waals surface area contributed by atoms with Gasteiger partial charge in [-0.3, -0.25) is 9.59 Å². The van der Waals surface area contributed by atoms with Gasteiger partial charge in [-0.05, 0) is 66.9 Å². The highest BCUT2D eigenvalue weighted by atomic mass is 16.5. The lowest BCUT2D eigenvalue weighted by Crippen LogP contribution is -2.20. The lowest BCUT2D eigenvalue weighted by molar-refractivity contribution is -0.118. The lowest BCUT2D eigenvalue weighted by Gasteiger charge is -2.10. The molecule has 0 spiro atoms. The van der Waals surface area contributed by atoms with Crippen molar-refractivity contribution in [1.82, 2.24) is 0 Å². The summed E-state index contributed by atoms with van der Waals surface area (Å²) in [4.78, 5) is 24.2. The molecule has 0 bridgehead atoms. The predicted octanol–water partition coefficient (Wildman–Crippen LogP) is 4.50. The molecule has 0 saturated carbocycles. The van der Waals surface area contributed by atoms with Gasteiger partial charge in [-0.25, -0.2) is 0 Å². The van der Waals surface area contributed by atoms with Gasteiger partial charge in [0.2, 0.25) is 5.91 Å². The molecule has 3 aromatic carbocycles. The maximum Gasteiger partial charge on any atom is 0.262 e. The molecule has 0 aliphatic rings. The SMILES string of the molecule is Cc1cc(C)cc(OCC(=O)Nc2ccc(NC(=O)Cc3ccccc3)cc2)c1. The minimum absolute atomic E-state index is 0.0710. The molecule has 5 nitrogen and oxygen atoms in total. The van der Waals surface area contributed by atoms with E-state index in [0.717, 1.165) is 16.7 Å². The van der Waals surface area contributed by atoms with E-state index < -0.39 is 0 Å². The second-order valence-corrected chi connectivity index (χ2v) is 6.95. The third-order valence-corrected chi connectivity index (χ3v) is 4.23. The van der Waals surface area contributed by atoms with Gasteiger partial charge in [-0.2, -0.15) is 0 Å². The van der Waals surface area contributed by atoms with Gasteiger partial charge in [0, 0.05) is 11.4 Å². The minimum Gasteiger partial charge on any atom is -0.484 e. The number of hydrogen-bond donors (Lipinski definition) is 2. The van der Waals surface area contributed by atoms with Gasteiger partial charge in [0.15, 0.2) is 6.61 Å². The van der Waals surface area contributed by atoms with Crippen LogP contribution in [-0.4, -0.2) is 18.4 Å². The number of anilines is 2. The van der Waals surface area contributed by atoms with Crippen LogP contribution in [-0.2, 0) is 16.0 Å². The lowest BCUT2D eigenvalue weighted by atomic mass is 10.1. The van der Waals surface area contributed by atoms with Crippen molar-refractivity contribution in [1.29, 1.82) is 0 Å². The number of carbonyl (C=O) groups is 2. The Hall–Kier alpha value is -3.60. The molecule has 3 aromatic rings. The first kappa shape index (κ1) is 20.1. The van der Waals surface area contributed by atoms with Crippen LogP contribution in [0.15, 0.2) is 72.8 Å². The van der Waals surface area contributed by atoms with E-state index in [1.807, 2.05) is 62.4 Å². The summed E-state index contributed by atoms with van der Waals surface area (Å²) < 4.78 is 5.57. The Morgan fingerprint density at radius 3 is 1.90 bits per heavy atom. The van der Waals surface area contributed by atoms with Crippen LogP contribution in [0.2, 0.25) is 0 Å². The Balaban J connectivity index is 1.48. The summed E-state index contributed by atoms with van der Waals surface area (Å²) in [6.07, 6.45) is 0.315. The molecule has 148 valence electrons. The van der Waals surface area contributed by atoms with Crippen molar-refractivity contribution in [3.05, 3.63) is 89.5 Å². The summed E-state index contributed by atoms with van der Waals surface area (Å²) in [5, 5.41) is 5.64. The van der Waals surface area contributed by atoms with Crippen LogP contribution in [0, 0.1) is 13.8 Å². The summed E-state index contributed by atoms with van der Waals surface area (Å²) >= 11 is 0. The standard InChI is InChI=1S/C24H24N2O3/c1-17-12-18(2)14-22(13-17)29-16-24(28)26-21-10-8-20(9-11-21)25-23(27)15-19-6-4-3-5-7-19/h3-14H,15-16H2,1-2H3,(H,25,27)(H,26,28). The molecule has 29 heavy (non-hydrogen) atoms. The van der Waals surface area contributed by atoms with Crippen LogP contribution in [0.5, 0.6) is 5.75 Å². The van der Waals surface area contributed by atoms with E-state index in [1.54, 1.807) is 24.3 Å². The number of hydrogen-bond acceptors (Lipinski definition) is 3. The molecule has 0 radical (unpaired) electrons. The largest absolute Gasteiger partial charge is 0.484 e. The van der Waals surface area contributed by atoms with Crippen LogP contribution in [0.3, 0.4) is 0 Å². The van der Waals surface area contributed by atoms with Crippen molar-refractivity contribution in [2.24, 2.45) is 0 Å². The molecule has 0 aliphatic heterocycles. The number of amides is 2. The monoisotopic (exact) mass is 388 g/mol. The molecule has 0 heterocycles. The number of nitrogens with one attached hydrogen (secondary N) is 2. The third kappa shape index (κ3) is 6.50. The van der Waals surface area contributed by atoms with Crippen LogP contribution < -0.4 is 15.4 Å². The molecular weight excluding hydrogens is 364 g/mol. The highest BCUT2D eigenvalue weighted by Gasteiger charge is 2.07. The van der Waals surface area contributed by atoms with Gasteiger partial charge in [0.25, 0.3) is 5.91 Å². The number of ether oxygens (including phenoxy) is 1. The smallest absolute Gasteiger partial charge is 0.262 e. The first-order valence-electron chi connectivity index (χ1n) is 9.43. The molecule has 0 saturated heterocycles. The van der Waals surface area contributed by atoms with Gasteiger partial charge >= 0.3 is 0 Å². The summed E-state index contributed by atoms with van der Waals surface area (Å²) in [5.74, 6) is 0.342. The highest BCUT2D eigenvalue weighted by Crippen LogP contribution is 2.17. The summed E-state index contributed by atoms with van der Waals surface area (Å²) in [6.45, 7) is 3.90. The summed E-state index contributed by atoms with van der Waals surface area (Å²) in [6, 6.07) is 22.4. The van der Waals surface area contributed by atoms with E-state index in [1.165, 1.54) is 0 Å². The van der Waals surface area contributed by atoms with Crippen LogP contribution in [0.25, 0.3) is 0 Å². The molecular formula is C24H24N2O3. The van der Waals surface area contributed by atoms with Crippen LogP contribution in [0.1, 0.15) is 16.7 Å². The molecule has 2 amide bonds. The van der Waals surface area contributed by atoms with Crippen LogP contribution >= 0.6 is 0 Å². The van der Waals surface area contributed by atoms with Gasteiger partial charge in [0.05, 0.1) is 6.42 Å². The van der Waals surface area contributed by atoms with Crippen molar-refractivity contribution < 1.29 is 14.3 Å². The van der Waals surface area contributed by atoms with E-state index in [2.05, 4.69) is 10.6 Å². The first-order chi connectivity index (χ1) is 14.0. The van der Waals surface area contributed by atoms with Gasteiger partial charge in [-0.1, -0.05) is 36.4 Å². The average molecular weight is 388 g/mol. The number of carbonyl (C=O) groups excluding carboxylic acids is 2. The molecule has 0 aliphatic carbocycles. The first-order valence-corrected chi connectivity index (χ1v) is 9.43. The minimum atomic E-state index is -0.245. The van der Waals surface area contributed by atoms with E-state index in [-0.39, 0.29) is 18.4 Å². The molecule has 0 atom stereocenters. The predicted molar refractivity (Wildman–Crippen MR) is 115 cm³/mol. The number of benzene rings is 3. The fraction of sp³-hybridized carbons (Fsp3) is 0.167. The zero-order chi connectivity index (χ0) is 20.6. The van der Waals surface area contributed by atoms with E-state index in [4.69, 9.17) is 4.74 Å². The van der Waals surface area contributed by atoms with Crippen molar-refractivity contribution in [3.63, 3.8) is 0 Å². The second kappa shape index (κ2) is 9.55. The summed E-state index contributed by atoms with van der Waals surface area (Å²) in [7, 11) is 0. The molecule has 0 unspecified atom stereocenters. The molecule has 3 rings (SSSR count). The van der Waals surface area contributed by atoms with E-state index in [9.17, 15) is 9.59 Å². The van der Waals surface area contributed by atoms with Crippen molar-refractivity contribution in [3.8, 4) is 5.75 Å². The van der Waals surface area contributed by atoms with Gasteiger partial charge in [0.1, 0.15) is 5.75 Å². The molecule has 0 aromatic heterocycles. The van der Waals surface area contributed by atoms with Crippen molar-refractivity contribution in [2.45, 2.75) is 20.3 Å². The van der Waals surface area contributed by atoms with Gasteiger partial charge < -0.3 is 15.4 Å². The Bertz CT molecular complexity index is 963. The van der Waals surface area contributed by atoms with Crippen molar-refractivity contribution in [2.75, 3.05) is 17.2 Å². The number of aryl methyl sites for hydroxylation is 2. The van der Waals surface area contributed by atoms with E-state index >= 15 is 0 Å². The normalized spacial score (nSPS) is 10.3. The maximum absolute atomic E-state index is 12.1. The molecule has 2 N–H and O–H groups in total. The quantitative estimate of drug-likeness (QED) is 0.626. The fourth-order valence-corrected chi connectivity index (χ4v) is 2.99. The Kier molecular flexibility index (Phi) is 6.63. The van der Waals surface area contributed by atoms with Crippen LogP contribution in [0.4, 0.5) is 11.4 Å². The average Bonchev–Trinajstić information content (AvgIpc) is 2.68. The zero-order valence-electron chi connectivity index (χ0n) is 16.6. The fourth-order valence-electron chi connectivity index (χ4n) is 2.99. The van der Waals surface area contributed by atoms with E-state index in [0.29, 0.717) is 23.5 Å². The zero-order valence-corrected chi connectivity index (χ0v) is 16.6. The maximum atomic E-state index is 12.1. The van der Waals surface area contributed by atoms with Crippen molar-refractivity contribution >= 4 is 23.2 Å². The Morgan fingerprint density at radius 1 is 0.759 bits per heavy atom. The third-order valence-electron chi connectivity index (χ3n) is 4.23. The summed E-state index contributed by atoms with van der Waals surface area (Å²) in [5.41, 5.74) is 4.45. The molecule has 0 fully saturated rings. The number of rotatable bonds is 7. The highest BCUT2D eigenvalue weighted by molar-refractivity contribution is 5.94. The Morgan fingerprint density at radius 2 is 1.31 bits per heavy atom. The second-order valence-electron chi connectivity index (χ2n) is 6.95. The Labute approximate surface area is 170 Å². The molecule has 5 heteroatoms. The van der Waals surface area contributed by atoms with Gasteiger partial charge in [-0.15, -0.1) is 0 Å².